The smallest absolute Gasteiger partial charge is 0.198 e. The fourth-order valence-electron chi connectivity index (χ4n) is 3.95. The molecule has 0 radical (unpaired) electrons. The molecule has 0 N–H and O–H groups in total. The highest BCUT2D eigenvalue weighted by Gasteiger charge is 2.42. The van der Waals surface area contributed by atoms with Crippen LogP contribution in [0.2, 0.25) is 0 Å². The van der Waals surface area contributed by atoms with Gasteiger partial charge in [-0.25, -0.2) is 0 Å². The van der Waals surface area contributed by atoms with E-state index in [9.17, 15) is 0 Å². The number of nitrogens with zero attached hydrogens (tertiary/aromatic N) is 1. The van der Waals surface area contributed by atoms with Gasteiger partial charge in [-0.15, -0.1) is 0 Å². The predicted octanol–water partition coefficient (Wildman–Crippen LogP) is 6.18. The van der Waals surface area contributed by atoms with E-state index in [-0.39, 0.29) is 5.41 Å². The molecular formula is C22H27ClN+. The molecule has 2 heteroatoms. The van der Waals surface area contributed by atoms with E-state index in [0.717, 1.165) is 17.9 Å². The van der Waals surface area contributed by atoms with E-state index in [4.69, 9.17) is 11.6 Å². The van der Waals surface area contributed by atoms with Gasteiger partial charge in [0.05, 0.1) is 5.41 Å². The molecule has 0 bridgehead atoms. The van der Waals surface area contributed by atoms with E-state index in [1.165, 1.54) is 40.1 Å². The summed E-state index contributed by atoms with van der Waals surface area (Å²) < 4.78 is 2.32. The van der Waals surface area contributed by atoms with Crippen molar-refractivity contribution in [2.24, 2.45) is 0 Å². The quantitative estimate of drug-likeness (QED) is 0.565. The Kier molecular flexibility index (Phi) is 4.57. The van der Waals surface area contributed by atoms with Crippen LogP contribution >= 0.6 is 11.6 Å². The molecule has 24 heavy (non-hydrogen) atoms. The molecule has 2 aliphatic rings. The number of benzene rings is 1. The third-order valence-corrected chi connectivity index (χ3v) is 5.92. The lowest BCUT2D eigenvalue weighted by Gasteiger charge is -2.18. The van der Waals surface area contributed by atoms with Gasteiger partial charge in [0.25, 0.3) is 0 Å². The standard InChI is InChI=1S/C22H27ClN/c1-6-16-8-7-9-17(21(16)23)11-13-20-22(3,4)18-14-15(2)10-12-19(18)24(20)5/h6,10-14H,7-9H2,1-5H3/q+1. The third kappa shape index (κ3) is 2.80. The van der Waals surface area contributed by atoms with Crippen molar-refractivity contribution in [3.63, 3.8) is 0 Å². The van der Waals surface area contributed by atoms with Crippen molar-refractivity contribution in [1.82, 2.24) is 0 Å². The molecule has 0 saturated carbocycles. The minimum Gasteiger partial charge on any atom is -0.198 e. The van der Waals surface area contributed by atoms with Crippen molar-refractivity contribution >= 4 is 23.0 Å². The first-order valence-corrected chi connectivity index (χ1v) is 9.18. The van der Waals surface area contributed by atoms with Gasteiger partial charge in [-0.2, -0.15) is 4.58 Å². The molecule has 0 unspecified atom stereocenters. The van der Waals surface area contributed by atoms with Crippen LogP contribution in [0.5, 0.6) is 0 Å². The maximum Gasteiger partial charge on any atom is 0.209 e. The average molecular weight is 341 g/mol. The third-order valence-electron chi connectivity index (χ3n) is 5.44. The summed E-state index contributed by atoms with van der Waals surface area (Å²) in [6, 6.07) is 6.74. The Morgan fingerprint density at radius 3 is 2.62 bits per heavy atom. The highest BCUT2D eigenvalue weighted by atomic mass is 35.5. The summed E-state index contributed by atoms with van der Waals surface area (Å²) in [5.41, 5.74) is 7.91. The minimum absolute atomic E-state index is 0.0116. The fourth-order valence-corrected chi connectivity index (χ4v) is 4.31. The van der Waals surface area contributed by atoms with E-state index in [1.54, 1.807) is 0 Å². The minimum atomic E-state index is 0.0116. The van der Waals surface area contributed by atoms with Gasteiger partial charge in [0, 0.05) is 22.7 Å². The molecule has 0 spiro atoms. The molecular weight excluding hydrogens is 314 g/mol. The maximum atomic E-state index is 6.59. The topological polar surface area (TPSA) is 3.01 Å². The first kappa shape index (κ1) is 17.2. The molecule has 1 nitrogen and oxygen atoms in total. The van der Waals surface area contributed by atoms with Crippen LogP contribution in [0.4, 0.5) is 5.69 Å². The molecule has 3 rings (SSSR count). The Morgan fingerprint density at radius 1 is 1.17 bits per heavy atom. The molecule has 0 aromatic heterocycles. The van der Waals surface area contributed by atoms with Crippen LogP contribution < -0.4 is 0 Å². The molecule has 1 aromatic rings. The summed E-state index contributed by atoms with van der Waals surface area (Å²) >= 11 is 6.59. The van der Waals surface area contributed by atoms with Gasteiger partial charge < -0.3 is 0 Å². The molecule has 0 amide bonds. The first-order valence-electron chi connectivity index (χ1n) is 8.81. The summed E-state index contributed by atoms with van der Waals surface area (Å²) in [5, 5.41) is 0.951. The van der Waals surface area contributed by atoms with E-state index in [0.29, 0.717) is 0 Å². The van der Waals surface area contributed by atoms with Crippen molar-refractivity contribution in [2.45, 2.75) is 52.4 Å². The lowest BCUT2D eigenvalue weighted by molar-refractivity contribution is -0.401. The van der Waals surface area contributed by atoms with Crippen LogP contribution in [0.15, 0.2) is 52.6 Å². The van der Waals surface area contributed by atoms with Crippen molar-refractivity contribution in [3.8, 4) is 0 Å². The second-order valence-electron chi connectivity index (χ2n) is 7.43. The summed E-state index contributed by atoms with van der Waals surface area (Å²) in [7, 11) is 2.16. The Morgan fingerprint density at radius 2 is 1.92 bits per heavy atom. The number of aryl methyl sites for hydroxylation is 1. The second kappa shape index (κ2) is 6.37. The lowest BCUT2D eigenvalue weighted by Crippen LogP contribution is -2.26. The number of allylic oxidation sites excluding steroid dienone is 6. The Balaban J connectivity index is 2.01. The Bertz CT molecular complexity index is 803. The van der Waals surface area contributed by atoms with E-state index in [2.05, 4.69) is 75.7 Å². The molecule has 0 atom stereocenters. The molecule has 0 fully saturated rings. The number of hydrogen-bond donors (Lipinski definition) is 0. The van der Waals surface area contributed by atoms with Crippen LogP contribution in [0, 0.1) is 6.92 Å². The zero-order chi connectivity index (χ0) is 17.5. The molecule has 1 aliphatic carbocycles. The Labute approximate surface area is 151 Å². The van der Waals surface area contributed by atoms with Crippen molar-refractivity contribution in [2.75, 3.05) is 7.05 Å². The Hall–Kier alpha value is -1.60. The second-order valence-corrected chi connectivity index (χ2v) is 7.81. The van der Waals surface area contributed by atoms with Crippen molar-refractivity contribution in [1.29, 1.82) is 0 Å². The lowest BCUT2D eigenvalue weighted by atomic mass is 9.80. The van der Waals surface area contributed by atoms with Crippen LogP contribution in [0.25, 0.3) is 0 Å². The number of hydrogen-bond acceptors (Lipinski definition) is 0. The molecule has 0 saturated heterocycles. The van der Waals surface area contributed by atoms with Gasteiger partial charge in [0.1, 0.15) is 7.05 Å². The SMILES string of the molecule is CC=C1CCCC(C=CC2=[N+](C)c3ccc(C)cc3C2(C)C)=C1Cl. The van der Waals surface area contributed by atoms with Gasteiger partial charge >= 0.3 is 0 Å². The fraction of sp³-hybridized carbons (Fsp3) is 0.409. The molecule has 126 valence electrons. The summed E-state index contributed by atoms with van der Waals surface area (Å²) in [6.07, 6.45) is 9.99. The van der Waals surface area contributed by atoms with Gasteiger partial charge in [-0.3, -0.25) is 0 Å². The maximum absolute atomic E-state index is 6.59. The zero-order valence-corrected chi connectivity index (χ0v) is 16.2. The average Bonchev–Trinajstić information content (AvgIpc) is 2.73. The summed E-state index contributed by atoms with van der Waals surface area (Å²) in [6.45, 7) is 8.85. The summed E-state index contributed by atoms with van der Waals surface area (Å²) in [4.78, 5) is 0. The number of fused-ring (bicyclic) bond motifs is 1. The highest BCUT2D eigenvalue weighted by molar-refractivity contribution is 6.32. The van der Waals surface area contributed by atoms with Crippen LogP contribution in [-0.2, 0) is 5.41 Å². The monoisotopic (exact) mass is 340 g/mol. The van der Waals surface area contributed by atoms with Crippen LogP contribution in [-0.4, -0.2) is 17.3 Å². The normalized spacial score (nSPS) is 22.0. The van der Waals surface area contributed by atoms with Gasteiger partial charge in [-0.1, -0.05) is 35.4 Å². The van der Waals surface area contributed by atoms with Crippen LogP contribution in [0.1, 0.15) is 51.2 Å². The largest absolute Gasteiger partial charge is 0.209 e. The number of rotatable bonds is 2. The molecule has 1 heterocycles. The summed E-state index contributed by atoms with van der Waals surface area (Å²) in [5.74, 6) is 0. The molecule has 1 aliphatic heterocycles. The zero-order valence-electron chi connectivity index (χ0n) is 15.4. The molecule has 1 aromatic carbocycles. The highest BCUT2D eigenvalue weighted by Crippen LogP contribution is 2.40. The van der Waals surface area contributed by atoms with Crippen molar-refractivity contribution in [3.05, 3.63) is 63.7 Å². The van der Waals surface area contributed by atoms with Crippen molar-refractivity contribution < 1.29 is 4.58 Å². The van der Waals surface area contributed by atoms with E-state index in [1.807, 2.05) is 0 Å². The predicted molar refractivity (Wildman–Crippen MR) is 105 cm³/mol. The van der Waals surface area contributed by atoms with Gasteiger partial charge in [-0.05, 0) is 64.2 Å². The first-order chi connectivity index (χ1) is 11.4. The van der Waals surface area contributed by atoms with E-state index < -0.39 is 0 Å². The number of halogens is 1. The van der Waals surface area contributed by atoms with Crippen LogP contribution in [0.3, 0.4) is 0 Å². The van der Waals surface area contributed by atoms with Gasteiger partial charge in [0.15, 0.2) is 5.71 Å². The van der Waals surface area contributed by atoms with E-state index >= 15 is 0 Å². The van der Waals surface area contributed by atoms with Gasteiger partial charge in [0.2, 0.25) is 5.69 Å².